The van der Waals surface area contributed by atoms with Gasteiger partial charge in [0.2, 0.25) is 0 Å². The maximum absolute atomic E-state index is 13.0. The molecule has 1 aliphatic rings. The number of aryl methyl sites for hydroxylation is 1. The van der Waals surface area contributed by atoms with Gasteiger partial charge in [-0.1, -0.05) is 48.0 Å². The van der Waals surface area contributed by atoms with Crippen LogP contribution in [0.5, 0.6) is 5.75 Å². The number of ketones is 1. The Morgan fingerprint density at radius 1 is 1.07 bits per heavy atom. The lowest BCUT2D eigenvalue weighted by molar-refractivity contribution is -0.140. The van der Waals surface area contributed by atoms with Crippen LogP contribution in [0.4, 0.5) is 0 Å². The van der Waals surface area contributed by atoms with Crippen molar-refractivity contribution in [1.29, 1.82) is 0 Å². The fraction of sp³-hybridized carbons (Fsp3) is 0.167. The van der Waals surface area contributed by atoms with Gasteiger partial charge in [0.05, 0.1) is 31.5 Å². The van der Waals surface area contributed by atoms with Crippen molar-refractivity contribution >= 4 is 17.4 Å². The molecule has 0 aliphatic carbocycles. The molecule has 1 amide bonds. The van der Waals surface area contributed by atoms with E-state index in [0.717, 1.165) is 5.56 Å². The minimum atomic E-state index is -0.812. The number of rotatable bonds is 5. The fourth-order valence-corrected chi connectivity index (χ4v) is 3.70. The van der Waals surface area contributed by atoms with Crippen molar-refractivity contribution in [2.45, 2.75) is 19.5 Å². The summed E-state index contributed by atoms with van der Waals surface area (Å²) in [6.45, 7) is 2.02. The van der Waals surface area contributed by atoms with Crippen LogP contribution < -0.4 is 4.74 Å². The second kappa shape index (κ2) is 7.91. The van der Waals surface area contributed by atoms with Crippen molar-refractivity contribution in [2.75, 3.05) is 7.11 Å². The highest BCUT2D eigenvalue weighted by Crippen LogP contribution is 2.43. The van der Waals surface area contributed by atoms with Crippen molar-refractivity contribution in [3.8, 4) is 5.75 Å². The molecule has 2 heterocycles. The lowest BCUT2D eigenvalue weighted by atomic mass is 9.94. The number of hydrogen-bond acceptors (Lipinski definition) is 5. The number of carbonyl (C=O) groups is 2. The Morgan fingerprint density at radius 2 is 1.80 bits per heavy atom. The number of hydrogen-bond donors (Lipinski definition) is 1. The molecular weight excluding hydrogens is 382 g/mol. The minimum absolute atomic E-state index is 0.0277. The van der Waals surface area contributed by atoms with Gasteiger partial charge in [0.15, 0.2) is 0 Å². The second-order valence-electron chi connectivity index (χ2n) is 7.11. The Kier molecular flexibility index (Phi) is 5.14. The third kappa shape index (κ3) is 3.37. The molecule has 0 bridgehead atoms. The standard InChI is InChI=1S/C24H21NO5/c1-15-9-11-16(12-10-15)22(26)20-21(18-7-3-4-8-19(18)29-2)25(24(28)23(20)27)14-17-6-5-13-30-17/h3-13,21,26H,14H2,1-2H3/b22-20+/t21-/m0/s1. The zero-order valence-corrected chi connectivity index (χ0v) is 16.7. The van der Waals surface area contributed by atoms with Crippen LogP contribution in [0.15, 0.2) is 76.9 Å². The summed E-state index contributed by atoms with van der Waals surface area (Å²) in [7, 11) is 1.53. The van der Waals surface area contributed by atoms with E-state index in [9.17, 15) is 14.7 Å². The van der Waals surface area contributed by atoms with Crippen LogP contribution in [0, 0.1) is 6.92 Å². The van der Waals surface area contributed by atoms with Gasteiger partial charge in [-0.25, -0.2) is 0 Å². The quantitative estimate of drug-likeness (QED) is 0.392. The van der Waals surface area contributed by atoms with Crippen LogP contribution in [0.1, 0.15) is 28.5 Å². The maximum Gasteiger partial charge on any atom is 0.296 e. The van der Waals surface area contributed by atoms with E-state index in [1.54, 1.807) is 48.5 Å². The van der Waals surface area contributed by atoms with Crippen molar-refractivity contribution in [2.24, 2.45) is 0 Å². The molecule has 1 aromatic heterocycles. The molecule has 0 radical (unpaired) electrons. The Morgan fingerprint density at radius 3 is 2.47 bits per heavy atom. The zero-order chi connectivity index (χ0) is 21.3. The topological polar surface area (TPSA) is 80.0 Å². The van der Waals surface area contributed by atoms with Crippen molar-refractivity contribution < 1.29 is 23.8 Å². The molecule has 3 aromatic rings. The highest BCUT2D eigenvalue weighted by molar-refractivity contribution is 6.46. The van der Waals surface area contributed by atoms with Gasteiger partial charge in [-0.15, -0.1) is 0 Å². The van der Waals surface area contributed by atoms with Gasteiger partial charge in [-0.05, 0) is 25.1 Å². The van der Waals surface area contributed by atoms with Crippen molar-refractivity contribution in [1.82, 2.24) is 4.90 Å². The minimum Gasteiger partial charge on any atom is -0.507 e. The van der Waals surface area contributed by atoms with Crippen LogP contribution in [-0.2, 0) is 16.1 Å². The number of Topliss-reactive ketones (excluding diaryl/α,β-unsaturated/α-hetero) is 1. The average Bonchev–Trinajstić information content (AvgIpc) is 3.36. The monoisotopic (exact) mass is 403 g/mol. The largest absolute Gasteiger partial charge is 0.507 e. The molecule has 1 N–H and O–H groups in total. The smallest absolute Gasteiger partial charge is 0.296 e. The third-order valence-electron chi connectivity index (χ3n) is 5.20. The first kappa shape index (κ1) is 19.5. The summed E-state index contributed by atoms with van der Waals surface area (Å²) < 4.78 is 10.9. The van der Waals surface area contributed by atoms with Crippen molar-refractivity contribution in [3.63, 3.8) is 0 Å². The normalized spacial score (nSPS) is 18.1. The number of carbonyl (C=O) groups excluding carboxylic acids is 2. The summed E-state index contributed by atoms with van der Waals surface area (Å²) in [4.78, 5) is 27.4. The molecule has 0 saturated carbocycles. The molecule has 4 rings (SSSR count). The van der Waals surface area contributed by atoms with E-state index in [0.29, 0.717) is 22.6 Å². The molecule has 152 valence electrons. The number of nitrogens with zero attached hydrogens (tertiary/aromatic N) is 1. The SMILES string of the molecule is COc1ccccc1[C@H]1/C(=C(\O)c2ccc(C)cc2)C(=O)C(=O)N1Cc1ccco1. The van der Waals surface area contributed by atoms with E-state index in [-0.39, 0.29) is 17.9 Å². The summed E-state index contributed by atoms with van der Waals surface area (Å²) in [6, 6.07) is 16.9. The number of methoxy groups -OCH3 is 1. The molecule has 1 saturated heterocycles. The van der Waals surface area contributed by atoms with Crippen LogP contribution in [0.2, 0.25) is 0 Å². The number of ether oxygens (including phenoxy) is 1. The summed E-state index contributed by atoms with van der Waals surface area (Å²) in [6.07, 6.45) is 1.51. The molecule has 6 heteroatoms. The summed E-state index contributed by atoms with van der Waals surface area (Å²) >= 11 is 0. The lowest BCUT2D eigenvalue weighted by Crippen LogP contribution is -2.29. The van der Waals surface area contributed by atoms with Crippen LogP contribution in [-0.4, -0.2) is 28.8 Å². The van der Waals surface area contributed by atoms with E-state index in [2.05, 4.69) is 0 Å². The molecule has 1 fully saturated rings. The van der Waals surface area contributed by atoms with E-state index in [1.807, 2.05) is 19.1 Å². The van der Waals surface area contributed by atoms with Crippen molar-refractivity contribution in [3.05, 3.63) is 95.0 Å². The Labute approximate surface area is 174 Å². The number of amides is 1. The van der Waals surface area contributed by atoms with Crippen LogP contribution in [0.3, 0.4) is 0 Å². The van der Waals surface area contributed by atoms with Gasteiger partial charge in [0, 0.05) is 11.1 Å². The first-order chi connectivity index (χ1) is 14.5. The lowest BCUT2D eigenvalue weighted by Gasteiger charge is -2.25. The number of benzene rings is 2. The number of para-hydroxylation sites is 1. The van der Waals surface area contributed by atoms with Gasteiger partial charge >= 0.3 is 0 Å². The molecule has 6 nitrogen and oxygen atoms in total. The third-order valence-corrected chi connectivity index (χ3v) is 5.20. The Balaban J connectivity index is 1.90. The van der Waals surface area contributed by atoms with Crippen LogP contribution >= 0.6 is 0 Å². The van der Waals surface area contributed by atoms with E-state index >= 15 is 0 Å². The molecule has 30 heavy (non-hydrogen) atoms. The van der Waals surface area contributed by atoms with Gasteiger partial charge < -0.3 is 19.2 Å². The summed E-state index contributed by atoms with van der Waals surface area (Å²) in [5.74, 6) is -0.603. The summed E-state index contributed by atoms with van der Waals surface area (Å²) in [5.41, 5.74) is 2.13. The summed E-state index contributed by atoms with van der Waals surface area (Å²) in [5, 5.41) is 11.1. The first-order valence-corrected chi connectivity index (χ1v) is 9.52. The Bertz CT molecular complexity index is 1110. The highest BCUT2D eigenvalue weighted by atomic mass is 16.5. The van der Waals surface area contributed by atoms with E-state index < -0.39 is 17.7 Å². The van der Waals surface area contributed by atoms with E-state index in [4.69, 9.17) is 9.15 Å². The Hall–Kier alpha value is -3.80. The van der Waals surface area contributed by atoms with Gasteiger partial charge in [-0.2, -0.15) is 0 Å². The van der Waals surface area contributed by atoms with E-state index in [1.165, 1.54) is 18.3 Å². The molecule has 1 atom stereocenters. The molecule has 2 aromatic carbocycles. The highest BCUT2D eigenvalue weighted by Gasteiger charge is 2.47. The molecular formula is C24H21NO5. The maximum atomic E-state index is 13.0. The molecule has 0 spiro atoms. The van der Waals surface area contributed by atoms with Gasteiger partial charge in [0.1, 0.15) is 17.3 Å². The number of aliphatic hydroxyl groups is 1. The van der Waals surface area contributed by atoms with Gasteiger partial charge in [-0.3, -0.25) is 9.59 Å². The molecule has 0 unspecified atom stereocenters. The first-order valence-electron chi connectivity index (χ1n) is 9.52. The zero-order valence-electron chi connectivity index (χ0n) is 16.7. The predicted octanol–water partition coefficient (Wildman–Crippen LogP) is 4.22. The second-order valence-corrected chi connectivity index (χ2v) is 7.11. The fourth-order valence-electron chi connectivity index (χ4n) is 3.70. The van der Waals surface area contributed by atoms with Crippen LogP contribution in [0.25, 0.3) is 5.76 Å². The molecule has 1 aliphatic heterocycles. The number of likely N-dealkylation sites (tertiary alicyclic amines) is 1. The average molecular weight is 403 g/mol. The number of furan rings is 1. The van der Waals surface area contributed by atoms with Gasteiger partial charge in [0.25, 0.3) is 11.7 Å². The number of aliphatic hydroxyl groups excluding tert-OH is 1. The predicted molar refractivity (Wildman–Crippen MR) is 111 cm³/mol.